The number of benzene rings is 2. The van der Waals surface area contributed by atoms with Gasteiger partial charge in [-0.05, 0) is 34.4 Å². The zero-order valence-corrected chi connectivity index (χ0v) is 12.3. The van der Waals surface area contributed by atoms with Gasteiger partial charge in [0.25, 0.3) is 0 Å². The van der Waals surface area contributed by atoms with Crippen LogP contribution in [0.1, 0.15) is 16.8 Å². The largest absolute Gasteiger partial charge is 0.289 e. The fourth-order valence-electron chi connectivity index (χ4n) is 3.14. The third-order valence-electron chi connectivity index (χ3n) is 4.13. The van der Waals surface area contributed by atoms with Crippen molar-refractivity contribution in [3.8, 4) is 11.1 Å². The zero-order valence-electron chi connectivity index (χ0n) is 12.3. The molecule has 1 aliphatic rings. The molecular weight excluding hydrogens is 270 g/mol. The number of aromatic nitrogens is 2. The van der Waals surface area contributed by atoms with Gasteiger partial charge < -0.3 is 0 Å². The molecule has 22 heavy (non-hydrogen) atoms. The molecule has 0 fully saturated rings. The third kappa shape index (κ3) is 2.51. The highest BCUT2D eigenvalue weighted by atomic mass is 15.2. The second kappa shape index (κ2) is 5.70. The van der Waals surface area contributed by atoms with Gasteiger partial charge in [-0.25, -0.2) is 0 Å². The molecule has 0 bridgehead atoms. The Balaban J connectivity index is 1.74. The normalized spacial score (nSPS) is 14.0. The minimum absolute atomic E-state index is 0.816. The summed E-state index contributed by atoms with van der Waals surface area (Å²) >= 11 is 0. The summed E-state index contributed by atoms with van der Waals surface area (Å²) in [7, 11) is 0. The molecular formula is C19H17N3. The molecule has 1 aliphatic heterocycles. The maximum absolute atomic E-state index is 4.22. The van der Waals surface area contributed by atoms with Gasteiger partial charge in [0.1, 0.15) is 0 Å². The van der Waals surface area contributed by atoms with Crippen molar-refractivity contribution in [2.24, 2.45) is 0 Å². The van der Waals surface area contributed by atoms with Crippen molar-refractivity contribution in [1.29, 1.82) is 0 Å². The van der Waals surface area contributed by atoms with Crippen molar-refractivity contribution in [2.75, 3.05) is 0 Å². The van der Waals surface area contributed by atoms with Crippen LogP contribution >= 0.6 is 0 Å². The number of hydrogen-bond donors (Lipinski definition) is 0. The highest BCUT2D eigenvalue weighted by Crippen LogP contribution is 2.32. The molecule has 3 aromatic rings. The predicted octanol–water partition coefficient (Wildman–Crippen LogP) is 3.66. The topological polar surface area (TPSA) is 29.0 Å². The molecule has 0 atom stereocenters. The van der Waals surface area contributed by atoms with Crippen LogP contribution in [0.15, 0.2) is 66.9 Å². The molecule has 1 aromatic heterocycles. The van der Waals surface area contributed by atoms with E-state index in [4.69, 9.17) is 0 Å². The zero-order chi connectivity index (χ0) is 14.8. The first-order chi connectivity index (χ1) is 10.9. The van der Waals surface area contributed by atoms with Crippen LogP contribution < -0.4 is 0 Å². The Labute approximate surface area is 130 Å². The van der Waals surface area contributed by atoms with Gasteiger partial charge >= 0.3 is 0 Å². The van der Waals surface area contributed by atoms with E-state index in [1.54, 1.807) is 6.20 Å². The van der Waals surface area contributed by atoms with Gasteiger partial charge in [0, 0.05) is 25.8 Å². The smallest absolute Gasteiger partial charge is 0.0771 e. The van der Waals surface area contributed by atoms with Crippen molar-refractivity contribution in [2.45, 2.75) is 19.6 Å². The SMILES string of the molecule is c1cnnc(CN2Cc3ccccc3-c3ccccc3C2)c1. The Hall–Kier alpha value is -2.52. The molecule has 2 heterocycles. The summed E-state index contributed by atoms with van der Waals surface area (Å²) in [5.41, 5.74) is 6.45. The maximum atomic E-state index is 4.22. The Morgan fingerprint density at radius 2 is 1.41 bits per heavy atom. The van der Waals surface area contributed by atoms with Gasteiger partial charge in [-0.2, -0.15) is 10.2 Å². The van der Waals surface area contributed by atoms with E-state index in [9.17, 15) is 0 Å². The standard InChI is InChI=1S/C19H17N3/c1-3-9-18-15(6-1)12-22(14-17-8-5-11-20-21-17)13-16-7-2-4-10-19(16)18/h1-11H,12-14H2. The third-order valence-corrected chi connectivity index (χ3v) is 4.13. The summed E-state index contributed by atoms with van der Waals surface area (Å²) in [6, 6.07) is 21.3. The van der Waals surface area contributed by atoms with Crippen molar-refractivity contribution in [3.63, 3.8) is 0 Å². The van der Waals surface area contributed by atoms with E-state index < -0.39 is 0 Å². The number of hydrogen-bond acceptors (Lipinski definition) is 3. The lowest BCUT2D eigenvalue weighted by atomic mass is 9.97. The minimum Gasteiger partial charge on any atom is -0.289 e. The van der Waals surface area contributed by atoms with E-state index >= 15 is 0 Å². The van der Waals surface area contributed by atoms with Gasteiger partial charge in [-0.3, -0.25) is 4.90 Å². The number of fused-ring (bicyclic) bond motifs is 3. The fourth-order valence-corrected chi connectivity index (χ4v) is 3.14. The molecule has 108 valence electrons. The van der Waals surface area contributed by atoms with Crippen LogP contribution in [0, 0.1) is 0 Å². The van der Waals surface area contributed by atoms with Crippen LogP contribution in [0.25, 0.3) is 11.1 Å². The molecule has 0 spiro atoms. The summed E-state index contributed by atoms with van der Waals surface area (Å²) in [6.07, 6.45) is 1.72. The summed E-state index contributed by atoms with van der Waals surface area (Å²) in [4.78, 5) is 2.43. The first-order valence-electron chi connectivity index (χ1n) is 7.55. The average molecular weight is 287 g/mol. The lowest BCUT2D eigenvalue weighted by Gasteiger charge is -2.20. The fraction of sp³-hybridized carbons (Fsp3) is 0.158. The van der Waals surface area contributed by atoms with E-state index in [2.05, 4.69) is 63.6 Å². The van der Waals surface area contributed by atoms with E-state index in [1.165, 1.54) is 22.3 Å². The summed E-state index contributed by atoms with van der Waals surface area (Å²) in [6.45, 7) is 2.68. The summed E-state index contributed by atoms with van der Waals surface area (Å²) < 4.78 is 0. The first kappa shape index (κ1) is 13.2. The Bertz CT molecular complexity index is 736. The van der Waals surface area contributed by atoms with Gasteiger partial charge in [-0.15, -0.1) is 0 Å². The number of rotatable bonds is 2. The van der Waals surface area contributed by atoms with Crippen molar-refractivity contribution < 1.29 is 0 Å². The Morgan fingerprint density at radius 3 is 2.00 bits per heavy atom. The minimum atomic E-state index is 0.816. The monoisotopic (exact) mass is 287 g/mol. The molecule has 0 radical (unpaired) electrons. The highest BCUT2D eigenvalue weighted by molar-refractivity contribution is 5.71. The van der Waals surface area contributed by atoms with Crippen molar-refractivity contribution >= 4 is 0 Å². The first-order valence-corrected chi connectivity index (χ1v) is 7.55. The molecule has 0 amide bonds. The molecule has 0 unspecified atom stereocenters. The predicted molar refractivity (Wildman–Crippen MR) is 86.9 cm³/mol. The van der Waals surface area contributed by atoms with Crippen LogP contribution in [0.3, 0.4) is 0 Å². The average Bonchev–Trinajstić information content (AvgIpc) is 2.72. The molecule has 0 N–H and O–H groups in total. The van der Waals surface area contributed by atoms with Gasteiger partial charge in [0.05, 0.1) is 5.69 Å². The Morgan fingerprint density at radius 1 is 0.773 bits per heavy atom. The molecule has 0 saturated heterocycles. The van der Waals surface area contributed by atoms with Crippen LogP contribution in [0.5, 0.6) is 0 Å². The van der Waals surface area contributed by atoms with Crippen LogP contribution in [0.2, 0.25) is 0 Å². The quantitative estimate of drug-likeness (QED) is 0.720. The molecule has 3 nitrogen and oxygen atoms in total. The van der Waals surface area contributed by atoms with E-state index in [1.807, 2.05) is 12.1 Å². The van der Waals surface area contributed by atoms with Gasteiger partial charge in [-0.1, -0.05) is 48.5 Å². The molecule has 4 rings (SSSR count). The van der Waals surface area contributed by atoms with E-state index in [0.29, 0.717) is 0 Å². The lowest BCUT2D eigenvalue weighted by Crippen LogP contribution is -2.22. The maximum Gasteiger partial charge on any atom is 0.0771 e. The highest BCUT2D eigenvalue weighted by Gasteiger charge is 2.19. The molecule has 2 aromatic carbocycles. The van der Waals surface area contributed by atoms with Crippen LogP contribution in [-0.4, -0.2) is 15.1 Å². The van der Waals surface area contributed by atoms with Crippen LogP contribution in [0.4, 0.5) is 0 Å². The molecule has 3 heteroatoms. The second-order valence-corrected chi connectivity index (χ2v) is 5.67. The van der Waals surface area contributed by atoms with E-state index in [0.717, 1.165) is 25.3 Å². The number of nitrogens with zero attached hydrogens (tertiary/aromatic N) is 3. The Kier molecular flexibility index (Phi) is 3.41. The van der Waals surface area contributed by atoms with Crippen LogP contribution in [-0.2, 0) is 19.6 Å². The second-order valence-electron chi connectivity index (χ2n) is 5.67. The van der Waals surface area contributed by atoms with Gasteiger partial charge in [0.15, 0.2) is 0 Å². The van der Waals surface area contributed by atoms with Crippen molar-refractivity contribution in [1.82, 2.24) is 15.1 Å². The molecule has 0 aliphatic carbocycles. The van der Waals surface area contributed by atoms with E-state index in [-0.39, 0.29) is 0 Å². The molecule has 0 saturated carbocycles. The summed E-state index contributed by atoms with van der Waals surface area (Å²) in [5, 5.41) is 8.21. The van der Waals surface area contributed by atoms with Gasteiger partial charge in [0.2, 0.25) is 0 Å². The lowest BCUT2D eigenvalue weighted by molar-refractivity contribution is 0.246. The summed E-state index contributed by atoms with van der Waals surface area (Å²) in [5.74, 6) is 0. The van der Waals surface area contributed by atoms with Crippen molar-refractivity contribution in [3.05, 3.63) is 83.7 Å².